The number of carbonyl (C=O) groups excluding carboxylic acids is 2. The molecule has 0 bridgehead atoms. The summed E-state index contributed by atoms with van der Waals surface area (Å²) in [5.41, 5.74) is 3.05. The van der Waals surface area contributed by atoms with E-state index in [0.717, 1.165) is 22.6 Å². The normalized spacial score (nSPS) is 10.6. The third kappa shape index (κ3) is 4.59. The number of imidazole rings is 1. The van der Waals surface area contributed by atoms with Crippen molar-refractivity contribution < 1.29 is 14.3 Å². The molecule has 0 aliphatic heterocycles. The number of carbonyl (C=O) groups is 2. The third-order valence-corrected chi connectivity index (χ3v) is 4.46. The minimum atomic E-state index is -0.542. The number of hydrogen-bond acceptors (Lipinski definition) is 5. The summed E-state index contributed by atoms with van der Waals surface area (Å²) in [6.45, 7) is 0.179. The van der Waals surface area contributed by atoms with E-state index >= 15 is 0 Å². The second kappa shape index (κ2) is 8.59. The van der Waals surface area contributed by atoms with Gasteiger partial charge in [0.1, 0.15) is 12.4 Å². The number of methoxy groups -OCH3 is 1. The van der Waals surface area contributed by atoms with E-state index in [1.165, 1.54) is 7.11 Å². The minimum absolute atomic E-state index is 0.144. The van der Waals surface area contributed by atoms with Gasteiger partial charge in [-0.3, -0.25) is 10.1 Å². The Kier molecular flexibility index (Phi) is 5.97. The summed E-state index contributed by atoms with van der Waals surface area (Å²) in [7, 11) is 1.30. The number of ether oxygens (including phenoxy) is 1. The molecular formula is C19H20N4O3S. The second-order valence-electron chi connectivity index (χ2n) is 5.78. The first-order valence-corrected chi connectivity index (χ1v) is 9.68. The van der Waals surface area contributed by atoms with Crippen LogP contribution in [0.4, 0.5) is 16.2 Å². The van der Waals surface area contributed by atoms with Crippen molar-refractivity contribution in [3.05, 3.63) is 54.4 Å². The highest BCUT2D eigenvalue weighted by atomic mass is 32.2. The molecule has 2 aromatic carbocycles. The fraction of sp³-hybridized carbons (Fsp3) is 0.211. The lowest BCUT2D eigenvalue weighted by Crippen LogP contribution is -2.20. The molecule has 0 saturated carbocycles. The Morgan fingerprint density at radius 1 is 1.07 bits per heavy atom. The van der Waals surface area contributed by atoms with Crippen LogP contribution in [0.15, 0.2) is 48.5 Å². The standard InChI is InChI=1S/C19H20N4O3S/c1-26-19(25)21-14-9-7-13(8-10-14)20-18(24)11-23-16-6-4-3-5-15(16)22-17(23)12-27-2/h3-10H,11-12H2,1-2H3,(H,20,24)(H,21,25). The van der Waals surface area contributed by atoms with Crippen molar-refractivity contribution in [3.8, 4) is 0 Å². The summed E-state index contributed by atoms with van der Waals surface area (Å²) in [5.74, 6) is 1.46. The molecule has 1 aromatic heterocycles. The van der Waals surface area contributed by atoms with Crippen LogP contribution in [0.1, 0.15) is 5.82 Å². The maximum atomic E-state index is 12.5. The molecule has 0 unspecified atom stereocenters. The SMILES string of the molecule is COC(=O)Nc1ccc(NC(=O)Cn2c(CSC)nc3ccccc32)cc1. The molecule has 7 nitrogen and oxygen atoms in total. The molecule has 3 aromatic rings. The molecule has 0 aliphatic rings. The van der Waals surface area contributed by atoms with Gasteiger partial charge in [-0.25, -0.2) is 9.78 Å². The van der Waals surface area contributed by atoms with E-state index < -0.39 is 6.09 Å². The molecule has 0 atom stereocenters. The van der Waals surface area contributed by atoms with Crippen molar-refractivity contribution in [2.75, 3.05) is 24.0 Å². The topological polar surface area (TPSA) is 85.3 Å². The van der Waals surface area contributed by atoms with E-state index in [4.69, 9.17) is 0 Å². The van der Waals surface area contributed by atoms with Crippen molar-refractivity contribution in [2.45, 2.75) is 12.3 Å². The van der Waals surface area contributed by atoms with E-state index in [1.807, 2.05) is 35.1 Å². The zero-order valence-corrected chi connectivity index (χ0v) is 15.9. The Bertz CT molecular complexity index is 953. The second-order valence-corrected chi connectivity index (χ2v) is 6.64. The van der Waals surface area contributed by atoms with E-state index in [-0.39, 0.29) is 12.5 Å². The predicted molar refractivity (Wildman–Crippen MR) is 108 cm³/mol. The van der Waals surface area contributed by atoms with Gasteiger partial charge in [-0.05, 0) is 42.7 Å². The molecule has 0 spiro atoms. The van der Waals surface area contributed by atoms with Crippen molar-refractivity contribution >= 4 is 46.2 Å². The summed E-state index contributed by atoms with van der Waals surface area (Å²) in [6, 6.07) is 14.6. The van der Waals surface area contributed by atoms with Gasteiger partial charge in [-0.15, -0.1) is 0 Å². The highest BCUT2D eigenvalue weighted by molar-refractivity contribution is 7.97. The van der Waals surface area contributed by atoms with Gasteiger partial charge in [0.2, 0.25) is 5.91 Å². The van der Waals surface area contributed by atoms with Crippen LogP contribution >= 0.6 is 11.8 Å². The highest BCUT2D eigenvalue weighted by Crippen LogP contribution is 2.19. The molecule has 3 rings (SSSR count). The Morgan fingerprint density at radius 3 is 2.41 bits per heavy atom. The van der Waals surface area contributed by atoms with Crippen LogP contribution < -0.4 is 10.6 Å². The third-order valence-electron chi connectivity index (χ3n) is 3.91. The summed E-state index contributed by atoms with van der Waals surface area (Å²) >= 11 is 1.66. The maximum absolute atomic E-state index is 12.5. The molecule has 0 aliphatic carbocycles. The van der Waals surface area contributed by atoms with Gasteiger partial charge in [-0.1, -0.05) is 12.1 Å². The van der Waals surface area contributed by atoms with Gasteiger partial charge in [0.05, 0.1) is 23.9 Å². The molecule has 2 amide bonds. The lowest BCUT2D eigenvalue weighted by molar-refractivity contribution is -0.116. The molecule has 0 saturated heterocycles. The molecule has 27 heavy (non-hydrogen) atoms. The molecular weight excluding hydrogens is 364 g/mol. The van der Waals surface area contributed by atoms with Crippen LogP contribution in [0.25, 0.3) is 11.0 Å². The minimum Gasteiger partial charge on any atom is -0.453 e. The maximum Gasteiger partial charge on any atom is 0.411 e. The molecule has 140 valence electrons. The van der Waals surface area contributed by atoms with Crippen LogP contribution in [-0.4, -0.2) is 34.9 Å². The number of anilines is 2. The number of thioether (sulfide) groups is 1. The summed E-state index contributed by atoms with van der Waals surface area (Å²) in [6.07, 6.45) is 1.47. The monoisotopic (exact) mass is 384 g/mol. The Morgan fingerprint density at radius 2 is 1.74 bits per heavy atom. The number of hydrogen-bond donors (Lipinski definition) is 2. The van der Waals surface area contributed by atoms with Gasteiger partial charge in [0.15, 0.2) is 0 Å². The number of amides is 2. The number of nitrogens with zero attached hydrogens (tertiary/aromatic N) is 2. The van der Waals surface area contributed by atoms with Gasteiger partial charge < -0.3 is 14.6 Å². The van der Waals surface area contributed by atoms with Crippen LogP contribution in [0.5, 0.6) is 0 Å². The van der Waals surface area contributed by atoms with Crippen LogP contribution in [0.3, 0.4) is 0 Å². The van der Waals surface area contributed by atoms with Gasteiger partial charge in [0.25, 0.3) is 0 Å². The quantitative estimate of drug-likeness (QED) is 0.677. The van der Waals surface area contributed by atoms with E-state index in [2.05, 4.69) is 20.4 Å². The average Bonchev–Trinajstić information content (AvgIpc) is 3.01. The number of aromatic nitrogens is 2. The summed E-state index contributed by atoms with van der Waals surface area (Å²) < 4.78 is 6.48. The van der Waals surface area contributed by atoms with Crippen LogP contribution in [0.2, 0.25) is 0 Å². The first-order chi connectivity index (χ1) is 13.1. The molecule has 0 fully saturated rings. The molecule has 1 heterocycles. The van der Waals surface area contributed by atoms with Crippen LogP contribution in [-0.2, 0) is 21.8 Å². The van der Waals surface area contributed by atoms with Crippen molar-refractivity contribution in [3.63, 3.8) is 0 Å². The predicted octanol–water partition coefficient (Wildman–Crippen LogP) is 3.72. The smallest absolute Gasteiger partial charge is 0.411 e. The number of para-hydroxylation sites is 2. The fourth-order valence-electron chi connectivity index (χ4n) is 2.69. The Hall–Kier alpha value is -3.00. The van der Waals surface area contributed by atoms with Crippen molar-refractivity contribution in [1.82, 2.24) is 9.55 Å². The Labute approximate surface area is 161 Å². The number of rotatable bonds is 6. The molecule has 0 radical (unpaired) electrons. The zero-order chi connectivity index (χ0) is 19.2. The number of fused-ring (bicyclic) bond motifs is 1. The van der Waals surface area contributed by atoms with E-state index in [1.54, 1.807) is 36.0 Å². The highest BCUT2D eigenvalue weighted by Gasteiger charge is 2.13. The zero-order valence-electron chi connectivity index (χ0n) is 15.1. The Balaban J connectivity index is 1.71. The first-order valence-electron chi connectivity index (χ1n) is 8.28. The summed E-state index contributed by atoms with van der Waals surface area (Å²) in [4.78, 5) is 28.4. The van der Waals surface area contributed by atoms with E-state index in [0.29, 0.717) is 11.4 Å². The molecule has 8 heteroatoms. The summed E-state index contributed by atoms with van der Waals surface area (Å²) in [5, 5.41) is 5.43. The van der Waals surface area contributed by atoms with Crippen molar-refractivity contribution in [1.29, 1.82) is 0 Å². The number of benzene rings is 2. The largest absolute Gasteiger partial charge is 0.453 e. The van der Waals surface area contributed by atoms with Gasteiger partial charge >= 0.3 is 6.09 Å². The van der Waals surface area contributed by atoms with Gasteiger partial charge in [-0.2, -0.15) is 11.8 Å². The molecule has 2 N–H and O–H groups in total. The number of nitrogens with one attached hydrogen (secondary N) is 2. The van der Waals surface area contributed by atoms with Gasteiger partial charge in [0, 0.05) is 11.4 Å². The lowest BCUT2D eigenvalue weighted by Gasteiger charge is -2.10. The first kappa shape index (κ1) is 18.8. The van der Waals surface area contributed by atoms with E-state index in [9.17, 15) is 9.59 Å². The lowest BCUT2D eigenvalue weighted by atomic mass is 10.2. The van der Waals surface area contributed by atoms with Crippen LogP contribution in [0, 0.1) is 0 Å². The average molecular weight is 384 g/mol. The fourth-order valence-corrected chi connectivity index (χ4v) is 3.17. The van der Waals surface area contributed by atoms with Crippen molar-refractivity contribution in [2.24, 2.45) is 0 Å².